The molecular weight excluding hydrogens is 305 g/mol. The Morgan fingerprint density at radius 1 is 1.00 bits per heavy atom. The van der Waals surface area contributed by atoms with Gasteiger partial charge in [-0.2, -0.15) is 0 Å². The lowest BCUT2D eigenvalue weighted by Gasteiger charge is -2.13. The molecule has 0 bridgehead atoms. The molecule has 3 rings (SSSR count). The number of anilines is 3. The van der Waals surface area contributed by atoms with Crippen molar-refractivity contribution in [2.75, 3.05) is 11.1 Å². The molecule has 1 heterocycles. The normalized spacial score (nSPS) is 10.8. The first-order valence-corrected chi connectivity index (χ1v) is 7.17. The number of nitrogens with zero attached hydrogens (tertiary/aromatic N) is 1. The van der Waals surface area contributed by atoms with Crippen LogP contribution in [0.5, 0.6) is 0 Å². The standard InChI is InChI=1S/C16H13Cl2N3/c1-9-6-13(18)16(7-12(9)17)21-15-3-2-14(19)10-4-5-20-8-11(10)15/h2-8,21H,19H2,1H3. The van der Waals surface area contributed by atoms with Crippen LogP contribution in [0.3, 0.4) is 0 Å². The Morgan fingerprint density at radius 2 is 1.81 bits per heavy atom. The van der Waals surface area contributed by atoms with Crippen molar-refractivity contribution in [3.8, 4) is 0 Å². The number of pyridine rings is 1. The molecule has 0 aliphatic carbocycles. The average Bonchev–Trinajstić information content (AvgIpc) is 2.48. The second-order valence-electron chi connectivity index (χ2n) is 4.83. The van der Waals surface area contributed by atoms with E-state index in [1.54, 1.807) is 12.4 Å². The van der Waals surface area contributed by atoms with Gasteiger partial charge in [-0.15, -0.1) is 0 Å². The number of halogens is 2. The predicted octanol–water partition coefficient (Wildman–Crippen LogP) is 5.18. The van der Waals surface area contributed by atoms with Crippen molar-refractivity contribution in [1.29, 1.82) is 0 Å². The predicted molar refractivity (Wildman–Crippen MR) is 90.6 cm³/mol. The highest BCUT2D eigenvalue weighted by molar-refractivity contribution is 6.36. The van der Waals surface area contributed by atoms with Gasteiger partial charge in [-0.3, -0.25) is 4.98 Å². The second-order valence-corrected chi connectivity index (χ2v) is 5.64. The summed E-state index contributed by atoms with van der Waals surface area (Å²) in [5, 5.41) is 6.47. The fourth-order valence-electron chi connectivity index (χ4n) is 2.21. The lowest BCUT2D eigenvalue weighted by Crippen LogP contribution is -1.96. The summed E-state index contributed by atoms with van der Waals surface area (Å²) in [4.78, 5) is 4.16. The van der Waals surface area contributed by atoms with Gasteiger partial charge in [0.25, 0.3) is 0 Å². The molecule has 0 unspecified atom stereocenters. The fourth-order valence-corrected chi connectivity index (χ4v) is 2.64. The lowest BCUT2D eigenvalue weighted by atomic mass is 10.1. The summed E-state index contributed by atoms with van der Waals surface area (Å²) < 4.78 is 0. The number of nitrogens with two attached hydrogens (primary N) is 1. The number of hydrogen-bond donors (Lipinski definition) is 2. The molecule has 1 aromatic heterocycles. The zero-order valence-corrected chi connectivity index (χ0v) is 12.8. The lowest BCUT2D eigenvalue weighted by molar-refractivity contribution is 1.36. The molecule has 0 atom stereocenters. The smallest absolute Gasteiger partial charge is 0.0644 e. The van der Waals surface area contributed by atoms with Crippen molar-refractivity contribution in [2.24, 2.45) is 0 Å². The minimum absolute atomic E-state index is 0.616. The molecule has 106 valence electrons. The monoisotopic (exact) mass is 317 g/mol. The van der Waals surface area contributed by atoms with Crippen molar-refractivity contribution >= 4 is 51.0 Å². The minimum atomic E-state index is 0.616. The Bertz CT molecular complexity index is 831. The van der Waals surface area contributed by atoms with Crippen LogP contribution < -0.4 is 11.1 Å². The highest BCUT2D eigenvalue weighted by Crippen LogP contribution is 2.34. The first kappa shape index (κ1) is 14.0. The maximum absolute atomic E-state index is 6.27. The van der Waals surface area contributed by atoms with Gasteiger partial charge < -0.3 is 11.1 Å². The zero-order valence-electron chi connectivity index (χ0n) is 11.3. The molecule has 2 aromatic carbocycles. The second kappa shape index (κ2) is 5.43. The van der Waals surface area contributed by atoms with Crippen LogP contribution in [0.1, 0.15) is 5.56 Å². The van der Waals surface area contributed by atoms with Gasteiger partial charge in [0.2, 0.25) is 0 Å². The summed E-state index contributed by atoms with van der Waals surface area (Å²) in [6, 6.07) is 9.30. The van der Waals surface area contributed by atoms with Crippen molar-refractivity contribution in [3.05, 3.63) is 58.3 Å². The quantitative estimate of drug-likeness (QED) is 0.640. The van der Waals surface area contributed by atoms with E-state index in [-0.39, 0.29) is 0 Å². The molecule has 0 amide bonds. The summed E-state index contributed by atoms with van der Waals surface area (Å²) >= 11 is 12.4. The minimum Gasteiger partial charge on any atom is -0.398 e. The van der Waals surface area contributed by atoms with Crippen molar-refractivity contribution in [2.45, 2.75) is 6.92 Å². The Morgan fingerprint density at radius 3 is 2.62 bits per heavy atom. The van der Waals surface area contributed by atoms with Gasteiger partial charge in [-0.1, -0.05) is 23.2 Å². The first-order chi connectivity index (χ1) is 10.1. The summed E-state index contributed by atoms with van der Waals surface area (Å²) in [6.45, 7) is 1.92. The third kappa shape index (κ3) is 2.62. The molecule has 0 aliphatic rings. The molecule has 21 heavy (non-hydrogen) atoms. The summed E-state index contributed by atoms with van der Waals surface area (Å²) in [5.41, 5.74) is 9.28. The molecule has 3 nitrogen and oxygen atoms in total. The van der Waals surface area contributed by atoms with Gasteiger partial charge in [0, 0.05) is 39.6 Å². The third-order valence-corrected chi connectivity index (χ3v) is 4.09. The Hall–Kier alpha value is -1.97. The highest BCUT2D eigenvalue weighted by Gasteiger charge is 2.08. The Balaban J connectivity index is 2.11. The maximum atomic E-state index is 6.27. The van der Waals surface area contributed by atoms with Gasteiger partial charge in [0.05, 0.1) is 10.7 Å². The molecule has 0 saturated carbocycles. The number of nitrogen functional groups attached to an aromatic ring is 1. The van der Waals surface area contributed by atoms with Gasteiger partial charge in [0.15, 0.2) is 0 Å². The van der Waals surface area contributed by atoms with Crippen molar-refractivity contribution in [3.63, 3.8) is 0 Å². The summed E-state index contributed by atoms with van der Waals surface area (Å²) in [5.74, 6) is 0. The number of nitrogens with one attached hydrogen (secondary N) is 1. The van der Waals surface area contributed by atoms with Gasteiger partial charge in [-0.05, 0) is 42.8 Å². The van der Waals surface area contributed by atoms with Crippen LogP contribution >= 0.6 is 23.2 Å². The van der Waals surface area contributed by atoms with Crippen LogP contribution in [0, 0.1) is 6.92 Å². The van der Waals surface area contributed by atoms with E-state index < -0.39 is 0 Å². The third-order valence-electron chi connectivity index (χ3n) is 3.37. The van der Waals surface area contributed by atoms with E-state index in [2.05, 4.69) is 10.3 Å². The average molecular weight is 318 g/mol. The highest BCUT2D eigenvalue weighted by atomic mass is 35.5. The van der Waals surface area contributed by atoms with Crippen molar-refractivity contribution < 1.29 is 0 Å². The fraction of sp³-hybridized carbons (Fsp3) is 0.0625. The van der Waals surface area contributed by atoms with E-state index in [9.17, 15) is 0 Å². The van der Waals surface area contributed by atoms with E-state index in [1.807, 2.05) is 37.3 Å². The largest absolute Gasteiger partial charge is 0.398 e. The van der Waals surface area contributed by atoms with Crippen LogP contribution in [0.2, 0.25) is 10.0 Å². The topological polar surface area (TPSA) is 50.9 Å². The molecule has 0 radical (unpaired) electrons. The number of fused-ring (bicyclic) bond motifs is 1. The molecule has 0 aliphatic heterocycles. The molecular formula is C16H13Cl2N3. The molecule has 3 N–H and O–H groups in total. The van der Waals surface area contributed by atoms with Gasteiger partial charge in [0.1, 0.15) is 0 Å². The summed E-state index contributed by atoms with van der Waals surface area (Å²) in [7, 11) is 0. The molecule has 0 saturated heterocycles. The number of benzene rings is 2. The van der Waals surface area contributed by atoms with E-state index in [4.69, 9.17) is 28.9 Å². The van der Waals surface area contributed by atoms with Crippen molar-refractivity contribution in [1.82, 2.24) is 4.98 Å². The van der Waals surface area contributed by atoms with Crippen LogP contribution in [0.15, 0.2) is 42.7 Å². The number of hydrogen-bond acceptors (Lipinski definition) is 3. The first-order valence-electron chi connectivity index (χ1n) is 6.41. The van der Waals surface area contributed by atoms with Crippen LogP contribution in [-0.2, 0) is 0 Å². The molecule has 3 aromatic rings. The molecule has 5 heteroatoms. The number of aromatic nitrogens is 1. The number of aryl methyl sites for hydroxylation is 1. The summed E-state index contributed by atoms with van der Waals surface area (Å²) in [6.07, 6.45) is 3.50. The van der Waals surface area contributed by atoms with Crippen LogP contribution in [-0.4, -0.2) is 4.98 Å². The molecule has 0 spiro atoms. The van der Waals surface area contributed by atoms with Crippen LogP contribution in [0.25, 0.3) is 10.8 Å². The van der Waals surface area contributed by atoms with Gasteiger partial charge in [-0.25, -0.2) is 0 Å². The SMILES string of the molecule is Cc1cc(Cl)c(Nc2ccc(N)c3ccncc23)cc1Cl. The van der Waals surface area contributed by atoms with Gasteiger partial charge >= 0.3 is 0 Å². The zero-order chi connectivity index (χ0) is 15.0. The van der Waals surface area contributed by atoms with E-state index in [0.29, 0.717) is 15.7 Å². The number of rotatable bonds is 2. The van der Waals surface area contributed by atoms with E-state index >= 15 is 0 Å². The molecule has 0 fully saturated rings. The van der Waals surface area contributed by atoms with E-state index in [0.717, 1.165) is 27.7 Å². The van der Waals surface area contributed by atoms with E-state index in [1.165, 1.54) is 0 Å². The Labute approximate surface area is 132 Å². The maximum Gasteiger partial charge on any atom is 0.0644 e. The Kier molecular flexibility index (Phi) is 3.62. The van der Waals surface area contributed by atoms with Crippen LogP contribution in [0.4, 0.5) is 17.1 Å².